The molecule has 0 saturated carbocycles. The standard InChI is InChI=1S/C16H26N2S/c1-4-11-18-12-6-5-9-15(18)14-8-7-10-17-16(14)19-13(2)3/h7-8,10,13,15H,4-6,9,11-12H2,1-3H3. The summed E-state index contributed by atoms with van der Waals surface area (Å²) < 4.78 is 0. The first-order valence-corrected chi connectivity index (χ1v) is 8.46. The van der Waals surface area contributed by atoms with Crippen LogP contribution in [0.4, 0.5) is 0 Å². The maximum absolute atomic E-state index is 4.62. The summed E-state index contributed by atoms with van der Waals surface area (Å²) in [7, 11) is 0. The van der Waals surface area contributed by atoms with Crippen LogP contribution < -0.4 is 0 Å². The molecule has 2 nitrogen and oxygen atoms in total. The lowest BCUT2D eigenvalue weighted by Gasteiger charge is -2.36. The molecule has 2 heterocycles. The average molecular weight is 278 g/mol. The van der Waals surface area contributed by atoms with Gasteiger partial charge in [-0.15, -0.1) is 11.8 Å². The lowest BCUT2D eigenvalue weighted by Crippen LogP contribution is -2.34. The van der Waals surface area contributed by atoms with E-state index in [1.54, 1.807) is 0 Å². The van der Waals surface area contributed by atoms with Gasteiger partial charge in [-0.25, -0.2) is 4.98 Å². The van der Waals surface area contributed by atoms with E-state index in [4.69, 9.17) is 0 Å². The summed E-state index contributed by atoms with van der Waals surface area (Å²) in [6.07, 6.45) is 7.16. The van der Waals surface area contributed by atoms with Gasteiger partial charge in [0.2, 0.25) is 0 Å². The largest absolute Gasteiger partial charge is 0.296 e. The second kappa shape index (κ2) is 7.30. The smallest absolute Gasteiger partial charge is 0.101 e. The number of likely N-dealkylation sites (tertiary alicyclic amines) is 1. The van der Waals surface area contributed by atoms with Crippen molar-refractivity contribution in [3.63, 3.8) is 0 Å². The van der Waals surface area contributed by atoms with E-state index in [2.05, 4.69) is 42.8 Å². The molecular formula is C16H26N2S. The molecule has 1 aliphatic heterocycles. The third-order valence-corrected chi connectivity index (χ3v) is 4.67. The van der Waals surface area contributed by atoms with Crippen molar-refractivity contribution in [2.24, 2.45) is 0 Å². The predicted octanol–water partition coefficient (Wildman–Crippen LogP) is 4.52. The lowest BCUT2D eigenvalue weighted by atomic mass is 9.96. The van der Waals surface area contributed by atoms with E-state index in [9.17, 15) is 0 Å². The maximum Gasteiger partial charge on any atom is 0.101 e. The molecule has 106 valence electrons. The summed E-state index contributed by atoms with van der Waals surface area (Å²) in [5.74, 6) is 0. The second-order valence-corrected chi connectivity index (χ2v) is 7.18. The summed E-state index contributed by atoms with van der Waals surface area (Å²) in [4.78, 5) is 7.28. The molecule has 0 radical (unpaired) electrons. The zero-order valence-electron chi connectivity index (χ0n) is 12.4. The highest BCUT2D eigenvalue weighted by Gasteiger charge is 2.25. The first kappa shape index (κ1) is 14.9. The number of hydrogen-bond acceptors (Lipinski definition) is 3. The third kappa shape index (κ3) is 3.96. The monoisotopic (exact) mass is 278 g/mol. The maximum atomic E-state index is 4.62. The summed E-state index contributed by atoms with van der Waals surface area (Å²) in [5, 5.41) is 1.84. The Bertz CT molecular complexity index is 390. The molecule has 0 N–H and O–H groups in total. The molecule has 1 aliphatic rings. The number of thioether (sulfide) groups is 1. The number of pyridine rings is 1. The van der Waals surface area contributed by atoms with Gasteiger partial charge in [0, 0.05) is 23.1 Å². The minimum Gasteiger partial charge on any atom is -0.296 e. The number of rotatable bonds is 5. The van der Waals surface area contributed by atoms with E-state index in [0.717, 1.165) is 0 Å². The zero-order chi connectivity index (χ0) is 13.7. The molecule has 0 spiro atoms. The summed E-state index contributed by atoms with van der Waals surface area (Å²) >= 11 is 1.90. The minimum atomic E-state index is 0.587. The molecular weight excluding hydrogens is 252 g/mol. The van der Waals surface area contributed by atoms with Crippen molar-refractivity contribution in [1.29, 1.82) is 0 Å². The van der Waals surface area contributed by atoms with Crippen molar-refractivity contribution >= 4 is 11.8 Å². The number of nitrogens with zero attached hydrogens (tertiary/aromatic N) is 2. The Morgan fingerprint density at radius 3 is 3.00 bits per heavy atom. The third-order valence-electron chi connectivity index (χ3n) is 3.63. The van der Waals surface area contributed by atoms with Crippen LogP contribution in [0.2, 0.25) is 0 Å². The van der Waals surface area contributed by atoms with Gasteiger partial charge in [0.05, 0.1) is 0 Å². The molecule has 0 amide bonds. The molecule has 3 heteroatoms. The SMILES string of the molecule is CCCN1CCCCC1c1cccnc1SC(C)C. The molecule has 0 aromatic carbocycles. The minimum absolute atomic E-state index is 0.587. The Morgan fingerprint density at radius 1 is 1.42 bits per heavy atom. The van der Waals surface area contributed by atoms with Crippen molar-refractivity contribution in [3.8, 4) is 0 Å². The van der Waals surface area contributed by atoms with Crippen molar-refractivity contribution < 1.29 is 0 Å². The fourth-order valence-electron chi connectivity index (χ4n) is 2.88. The summed E-state index contributed by atoms with van der Waals surface area (Å²) in [6.45, 7) is 9.23. The quantitative estimate of drug-likeness (QED) is 0.737. The fourth-order valence-corrected chi connectivity index (χ4v) is 3.79. The number of piperidine rings is 1. The van der Waals surface area contributed by atoms with E-state index >= 15 is 0 Å². The van der Waals surface area contributed by atoms with Gasteiger partial charge in [-0.05, 0) is 38.4 Å². The molecule has 1 saturated heterocycles. The van der Waals surface area contributed by atoms with Gasteiger partial charge in [-0.2, -0.15) is 0 Å². The average Bonchev–Trinajstić information content (AvgIpc) is 2.40. The van der Waals surface area contributed by atoms with Gasteiger partial charge < -0.3 is 0 Å². The summed E-state index contributed by atoms with van der Waals surface area (Å²) in [5.41, 5.74) is 1.45. The molecule has 0 aliphatic carbocycles. The normalized spacial score (nSPS) is 20.9. The van der Waals surface area contributed by atoms with Crippen LogP contribution in [0, 0.1) is 0 Å². The van der Waals surface area contributed by atoms with Crippen molar-refractivity contribution in [3.05, 3.63) is 23.9 Å². The predicted molar refractivity (Wildman–Crippen MR) is 83.7 cm³/mol. The van der Waals surface area contributed by atoms with Crippen molar-refractivity contribution in [1.82, 2.24) is 9.88 Å². The molecule has 1 unspecified atom stereocenters. The van der Waals surface area contributed by atoms with Gasteiger partial charge in [0.25, 0.3) is 0 Å². The van der Waals surface area contributed by atoms with Gasteiger partial charge in [0.15, 0.2) is 0 Å². The molecule has 1 atom stereocenters. The van der Waals surface area contributed by atoms with E-state index in [1.165, 1.54) is 49.4 Å². The number of hydrogen-bond donors (Lipinski definition) is 0. The molecule has 1 aromatic heterocycles. The molecule has 1 fully saturated rings. The van der Waals surface area contributed by atoms with E-state index in [-0.39, 0.29) is 0 Å². The Kier molecular flexibility index (Phi) is 5.71. The van der Waals surface area contributed by atoms with Crippen LogP contribution >= 0.6 is 11.8 Å². The molecule has 2 rings (SSSR count). The van der Waals surface area contributed by atoms with E-state index < -0.39 is 0 Å². The van der Waals surface area contributed by atoms with Gasteiger partial charge in [-0.1, -0.05) is 33.3 Å². The first-order valence-electron chi connectivity index (χ1n) is 7.58. The highest BCUT2D eigenvalue weighted by atomic mass is 32.2. The van der Waals surface area contributed by atoms with Gasteiger partial charge >= 0.3 is 0 Å². The Balaban J connectivity index is 2.22. The zero-order valence-corrected chi connectivity index (χ0v) is 13.2. The van der Waals surface area contributed by atoms with Crippen molar-refractivity contribution in [2.45, 2.75) is 62.8 Å². The Morgan fingerprint density at radius 2 is 2.26 bits per heavy atom. The van der Waals surface area contributed by atoms with Gasteiger partial charge in [-0.3, -0.25) is 4.90 Å². The second-order valence-electron chi connectivity index (χ2n) is 5.61. The van der Waals surface area contributed by atoms with Crippen LogP contribution in [0.1, 0.15) is 58.1 Å². The topological polar surface area (TPSA) is 16.1 Å². The van der Waals surface area contributed by atoms with Crippen LogP contribution in [0.15, 0.2) is 23.4 Å². The number of aromatic nitrogens is 1. The summed E-state index contributed by atoms with van der Waals surface area (Å²) in [6, 6.07) is 4.97. The Labute approximate surface area is 122 Å². The molecule has 19 heavy (non-hydrogen) atoms. The van der Waals surface area contributed by atoms with Crippen LogP contribution in [-0.2, 0) is 0 Å². The van der Waals surface area contributed by atoms with Crippen LogP contribution in [-0.4, -0.2) is 28.2 Å². The fraction of sp³-hybridized carbons (Fsp3) is 0.688. The molecule has 0 bridgehead atoms. The van der Waals surface area contributed by atoms with E-state index in [1.807, 2.05) is 18.0 Å². The highest BCUT2D eigenvalue weighted by molar-refractivity contribution is 7.99. The van der Waals surface area contributed by atoms with Crippen LogP contribution in [0.25, 0.3) is 0 Å². The van der Waals surface area contributed by atoms with Crippen molar-refractivity contribution in [2.75, 3.05) is 13.1 Å². The highest BCUT2D eigenvalue weighted by Crippen LogP contribution is 2.36. The lowest BCUT2D eigenvalue weighted by molar-refractivity contribution is 0.146. The Hall–Kier alpha value is -0.540. The first-order chi connectivity index (χ1) is 9.22. The van der Waals surface area contributed by atoms with E-state index in [0.29, 0.717) is 11.3 Å². The molecule has 1 aromatic rings. The van der Waals surface area contributed by atoms with Gasteiger partial charge in [0.1, 0.15) is 5.03 Å². The van der Waals surface area contributed by atoms with Crippen LogP contribution in [0.5, 0.6) is 0 Å². The van der Waals surface area contributed by atoms with Crippen LogP contribution in [0.3, 0.4) is 0 Å².